The van der Waals surface area contributed by atoms with Crippen LogP contribution in [0.5, 0.6) is 0 Å². The van der Waals surface area contributed by atoms with Crippen LogP contribution in [0.4, 0.5) is 5.69 Å². The number of fused-ring (bicyclic) bond motifs is 1. The van der Waals surface area contributed by atoms with Crippen LogP contribution in [0.3, 0.4) is 0 Å². The number of aliphatic carboxylic acids is 1. The van der Waals surface area contributed by atoms with Gasteiger partial charge in [-0.3, -0.25) is 14.4 Å². The molecule has 1 aromatic carbocycles. The van der Waals surface area contributed by atoms with Crippen LogP contribution in [-0.4, -0.2) is 34.6 Å². The molecule has 1 unspecified atom stereocenters. The van der Waals surface area contributed by atoms with Crippen molar-refractivity contribution in [2.45, 2.75) is 17.7 Å². The average molecular weight is 326 g/mol. The first-order valence-corrected chi connectivity index (χ1v) is 6.61. The standard InChI is InChI=1S/C13H12BrNO4/c1-15-10-3-2-7(4-8(10)5-11(15)16)13(19)9(14)6-12(17)18/h2-4,9H,5-6H2,1H3,(H,17,18). The number of alkyl halides is 1. The Morgan fingerprint density at radius 2 is 2.16 bits per heavy atom. The minimum atomic E-state index is -1.04. The molecule has 0 saturated heterocycles. The van der Waals surface area contributed by atoms with Gasteiger partial charge in [-0.15, -0.1) is 0 Å². The molecule has 19 heavy (non-hydrogen) atoms. The van der Waals surface area contributed by atoms with Crippen molar-refractivity contribution in [1.29, 1.82) is 0 Å². The summed E-state index contributed by atoms with van der Waals surface area (Å²) in [5.41, 5.74) is 2.02. The Morgan fingerprint density at radius 1 is 1.47 bits per heavy atom. The van der Waals surface area contributed by atoms with Crippen molar-refractivity contribution in [2.75, 3.05) is 11.9 Å². The molecule has 5 nitrogen and oxygen atoms in total. The summed E-state index contributed by atoms with van der Waals surface area (Å²) >= 11 is 3.08. The van der Waals surface area contributed by atoms with Gasteiger partial charge in [-0.2, -0.15) is 0 Å². The number of hydrogen-bond donors (Lipinski definition) is 1. The summed E-state index contributed by atoms with van der Waals surface area (Å²) in [6.07, 6.45) is 0.00753. The number of hydrogen-bond acceptors (Lipinski definition) is 3. The van der Waals surface area contributed by atoms with Gasteiger partial charge in [-0.25, -0.2) is 0 Å². The van der Waals surface area contributed by atoms with Gasteiger partial charge in [0.2, 0.25) is 5.91 Å². The first-order valence-electron chi connectivity index (χ1n) is 5.69. The smallest absolute Gasteiger partial charge is 0.304 e. The van der Waals surface area contributed by atoms with Gasteiger partial charge in [0, 0.05) is 18.3 Å². The third kappa shape index (κ3) is 2.68. The van der Waals surface area contributed by atoms with Crippen molar-refractivity contribution < 1.29 is 19.5 Å². The minimum absolute atomic E-state index is 0.0134. The molecule has 6 heteroatoms. The van der Waals surface area contributed by atoms with E-state index in [1.165, 1.54) is 0 Å². The Morgan fingerprint density at radius 3 is 2.79 bits per heavy atom. The van der Waals surface area contributed by atoms with Crippen molar-refractivity contribution >= 4 is 39.3 Å². The van der Waals surface area contributed by atoms with Gasteiger partial charge in [0.25, 0.3) is 0 Å². The fourth-order valence-electron chi connectivity index (χ4n) is 2.05. The zero-order valence-corrected chi connectivity index (χ0v) is 11.8. The SMILES string of the molecule is CN1C(=O)Cc2cc(C(=O)C(Br)CC(=O)O)ccc21. The zero-order chi connectivity index (χ0) is 14.2. The normalized spacial score (nSPS) is 15.3. The molecule has 1 aliphatic heterocycles. The lowest BCUT2D eigenvalue weighted by Gasteiger charge is -2.11. The summed E-state index contributed by atoms with van der Waals surface area (Å²) in [7, 11) is 1.69. The maximum Gasteiger partial charge on any atom is 0.304 e. The molecule has 0 spiro atoms. The molecule has 0 bridgehead atoms. The molecule has 1 aromatic rings. The number of nitrogens with zero attached hydrogens (tertiary/aromatic N) is 1. The average Bonchev–Trinajstić information content (AvgIpc) is 2.63. The van der Waals surface area contributed by atoms with E-state index in [1.807, 2.05) is 0 Å². The molecule has 0 aliphatic carbocycles. The minimum Gasteiger partial charge on any atom is -0.481 e. The largest absolute Gasteiger partial charge is 0.481 e. The van der Waals surface area contributed by atoms with Gasteiger partial charge >= 0.3 is 5.97 Å². The summed E-state index contributed by atoms with van der Waals surface area (Å²) in [5, 5.41) is 8.67. The Balaban J connectivity index is 2.24. The van der Waals surface area contributed by atoms with E-state index in [9.17, 15) is 14.4 Å². The molecule has 0 fully saturated rings. The number of benzene rings is 1. The lowest BCUT2D eigenvalue weighted by Crippen LogP contribution is -2.20. The summed E-state index contributed by atoms with van der Waals surface area (Å²) in [5.74, 6) is -1.33. The number of carboxylic acid groups (broad SMARTS) is 1. The molecule has 0 radical (unpaired) electrons. The fraction of sp³-hybridized carbons (Fsp3) is 0.308. The number of carbonyl (C=O) groups excluding carboxylic acids is 2. The molecule has 1 heterocycles. The summed E-state index contributed by atoms with van der Waals surface area (Å²) in [4.78, 5) is 35.0. The monoisotopic (exact) mass is 325 g/mol. The number of likely N-dealkylation sites (N-methyl/N-ethyl adjacent to an activating group) is 1. The van der Waals surface area contributed by atoms with Crippen LogP contribution in [-0.2, 0) is 16.0 Å². The van der Waals surface area contributed by atoms with Crippen molar-refractivity contribution in [3.63, 3.8) is 0 Å². The molecule has 1 amide bonds. The van der Waals surface area contributed by atoms with Gasteiger partial charge in [0.15, 0.2) is 5.78 Å². The highest BCUT2D eigenvalue weighted by molar-refractivity contribution is 9.10. The third-order valence-electron chi connectivity index (χ3n) is 3.08. The maximum absolute atomic E-state index is 12.0. The van der Waals surface area contributed by atoms with Crippen molar-refractivity contribution in [3.05, 3.63) is 29.3 Å². The Labute approximate surface area is 118 Å². The van der Waals surface area contributed by atoms with E-state index in [4.69, 9.17) is 5.11 Å². The molecule has 0 aromatic heterocycles. The summed E-state index contributed by atoms with van der Waals surface area (Å²) < 4.78 is 0. The van der Waals surface area contributed by atoms with Gasteiger partial charge in [0.05, 0.1) is 17.7 Å². The van der Waals surface area contributed by atoms with E-state index in [1.54, 1.807) is 30.1 Å². The molecule has 1 aliphatic rings. The first-order chi connectivity index (χ1) is 8.90. The molecule has 1 atom stereocenters. The van der Waals surface area contributed by atoms with Crippen LogP contribution in [0.15, 0.2) is 18.2 Å². The molecule has 0 saturated carbocycles. The van der Waals surface area contributed by atoms with E-state index in [0.717, 1.165) is 11.3 Å². The number of anilines is 1. The molecule has 2 rings (SSSR count). The predicted molar refractivity (Wildman–Crippen MR) is 72.9 cm³/mol. The van der Waals surface area contributed by atoms with Crippen LogP contribution < -0.4 is 4.90 Å². The quantitative estimate of drug-likeness (QED) is 0.674. The Kier molecular flexibility index (Phi) is 3.71. The number of ketones is 1. The van der Waals surface area contributed by atoms with Crippen molar-refractivity contribution in [2.24, 2.45) is 0 Å². The van der Waals surface area contributed by atoms with Crippen molar-refractivity contribution in [3.8, 4) is 0 Å². The molecular formula is C13H12BrNO4. The van der Waals surface area contributed by atoms with Crippen molar-refractivity contribution in [1.82, 2.24) is 0 Å². The zero-order valence-electron chi connectivity index (χ0n) is 10.2. The third-order valence-corrected chi connectivity index (χ3v) is 3.82. The second-order valence-corrected chi connectivity index (χ2v) is 5.51. The van der Waals surface area contributed by atoms with Crippen LogP contribution in [0.1, 0.15) is 22.3 Å². The van der Waals surface area contributed by atoms with Gasteiger partial charge in [-0.05, 0) is 23.8 Å². The number of carbonyl (C=O) groups is 3. The first kappa shape index (κ1) is 13.7. The number of carboxylic acids is 1. The number of Topliss-reactive ketones (excluding diaryl/α,β-unsaturated/α-hetero) is 1. The van der Waals surface area contributed by atoms with Crippen LogP contribution in [0.25, 0.3) is 0 Å². The van der Waals surface area contributed by atoms with Gasteiger partial charge in [0.1, 0.15) is 0 Å². The van der Waals surface area contributed by atoms with E-state index >= 15 is 0 Å². The van der Waals surface area contributed by atoms with E-state index in [0.29, 0.717) is 5.56 Å². The van der Waals surface area contributed by atoms with E-state index in [2.05, 4.69) is 15.9 Å². The second kappa shape index (κ2) is 5.13. The summed E-state index contributed by atoms with van der Waals surface area (Å²) in [6, 6.07) is 5.00. The van der Waals surface area contributed by atoms with E-state index in [-0.39, 0.29) is 24.5 Å². The Bertz CT molecular complexity index is 570. The topological polar surface area (TPSA) is 74.7 Å². The van der Waals surface area contributed by atoms with Gasteiger partial charge < -0.3 is 10.0 Å². The second-order valence-electron chi connectivity index (χ2n) is 4.40. The van der Waals surface area contributed by atoms with Crippen LogP contribution in [0.2, 0.25) is 0 Å². The Hall–Kier alpha value is -1.69. The number of halogens is 1. The van der Waals surface area contributed by atoms with Crippen LogP contribution >= 0.6 is 15.9 Å². The lowest BCUT2D eigenvalue weighted by atomic mass is 10.0. The lowest BCUT2D eigenvalue weighted by molar-refractivity contribution is -0.136. The number of amides is 1. The van der Waals surface area contributed by atoms with E-state index < -0.39 is 10.8 Å². The highest BCUT2D eigenvalue weighted by Gasteiger charge is 2.26. The highest BCUT2D eigenvalue weighted by Crippen LogP contribution is 2.29. The summed E-state index contributed by atoms with van der Waals surface area (Å²) in [6.45, 7) is 0. The highest BCUT2D eigenvalue weighted by atomic mass is 79.9. The predicted octanol–water partition coefficient (Wildman–Crippen LogP) is 1.63. The maximum atomic E-state index is 12.0. The molecule has 1 N–H and O–H groups in total. The van der Waals surface area contributed by atoms with Gasteiger partial charge in [-0.1, -0.05) is 15.9 Å². The molecule has 100 valence electrons. The van der Waals surface area contributed by atoms with Crippen LogP contribution in [0, 0.1) is 0 Å². The number of rotatable bonds is 4. The molecular weight excluding hydrogens is 314 g/mol. The fourth-order valence-corrected chi connectivity index (χ4v) is 2.59.